The van der Waals surface area contributed by atoms with Gasteiger partial charge in [0.15, 0.2) is 0 Å². The van der Waals surface area contributed by atoms with Crippen molar-refractivity contribution in [3.63, 3.8) is 0 Å². The van der Waals surface area contributed by atoms with E-state index in [1.54, 1.807) is 18.0 Å². The summed E-state index contributed by atoms with van der Waals surface area (Å²) in [6.07, 6.45) is 2.14. The largest absolute Gasteiger partial charge is 0.355 e. The van der Waals surface area contributed by atoms with E-state index in [9.17, 15) is 14.4 Å². The Morgan fingerprint density at radius 2 is 1.69 bits per heavy atom. The second-order valence-electron chi connectivity index (χ2n) is 9.27. The molecule has 1 aliphatic heterocycles. The van der Waals surface area contributed by atoms with Gasteiger partial charge >= 0.3 is 0 Å². The summed E-state index contributed by atoms with van der Waals surface area (Å²) in [7, 11) is 1.59. The van der Waals surface area contributed by atoms with Crippen LogP contribution in [0.2, 0.25) is 0 Å². The van der Waals surface area contributed by atoms with Gasteiger partial charge in [-0.25, -0.2) is 0 Å². The molecule has 1 aliphatic carbocycles. The highest BCUT2D eigenvalue weighted by Gasteiger charge is 2.45. The van der Waals surface area contributed by atoms with Crippen molar-refractivity contribution in [3.8, 4) is 0 Å². The number of rotatable bonds is 6. The molecule has 0 bridgehead atoms. The van der Waals surface area contributed by atoms with E-state index in [2.05, 4.69) is 22.8 Å². The van der Waals surface area contributed by atoms with E-state index in [0.717, 1.165) is 18.4 Å². The van der Waals surface area contributed by atoms with Crippen molar-refractivity contribution in [2.45, 2.75) is 51.7 Å². The van der Waals surface area contributed by atoms with Gasteiger partial charge in [0.1, 0.15) is 12.1 Å². The molecule has 1 fully saturated rings. The second kappa shape index (κ2) is 9.15. The predicted molar refractivity (Wildman–Crippen MR) is 123 cm³/mol. The molecule has 32 heavy (non-hydrogen) atoms. The van der Waals surface area contributed by atoms with Crippen LogP contribution in [0.25, 0.3) is 0 Å². The van der Waals surface area contributed by atoms with Gasteiger partial charge in [0, 0.05) is 19.2 Å². The van der Waals surface area contributed by atoms with Crippen LogP contribution in [0.5, 0.6) is 0 Å². The van der Waals surface area contributed by atoms with Gasteiger partial charge in [-0.2, -0.15) is 0 Å². The van der Waals surface area contributed by atoms with Crippen molar-refractivity contribution in [1.82, 2.24) is 15.5 Å². The quantitative estimate of drug-likeness (QED) is 0.735. The van der Waals surface area contributed by atoms with Gasteiger partial charge in [0.2, 0.25) is 11.8 Å². The summed E-state index contributed by atoms with van der Waals surface area (Å²) >= 11 is 0. The Bertz CT molecular complexity index is 1010. The summed E-state index contributed by atoms with van der Waals surface area (Å²) in [6, 6.07) is 14.4. The van der Waals surface area contributed by atoms with E-state index in [-0.39, 0.29) is 36.1 Å². The van der Waals surface area contributed by atoms with Crippen molar-refractivity contribution in [2.24, 2.45) is 11.8 Å². The monoisotopic (exact) mass is 433 g/mol. The zero-order chi connectivity index (χ0) is 22.8. The van der Waals surface area contributed by atoms with Crippen molar-refractivity contribution in [1.29, 1.82) is 0 Å². The maximum Gasteiger partial charge on any atom is 0.251 e. The number of hydrogen-bond acceptors (Lipinski definition) is 3. The first-order chi connectivity index (χ1) is 15.4. The van der Waals surface area contributed by atoms with Crippen LogP contribution in [-0.2, 0) is 29.0 Å². The molecule has 2 N–H and O–H groups in total. The number of fused-ring (bicyclic) bond motifs is 1. The molecule has 6 heteroatoms. The minimum atomic E-state index is -0.550. The van der Waals surface area contributed by atoms with Gasteiger partial charge in [-0.3, -0.25) is 14.4 Å². The molecule has 0 spiro atoms. The van der Waals surface area contributed by atoms with Crippen LogP contribution in [-0.4, -0.2) is 41.8 Å². The molecule has 2 aromatic carbocycles. The van der Waals surface area contributed by atoms with Crippen molar-refractivity contribution in [2.75, 3.05) is 7.05 Å². The lowest BCUT2D eigenvalue weighted by Crippen LogP contribution is -2.65. The highest BCUT2D eigenvalue weighted by Crippen LogP contribution is 2.32. The lowest BCUT2D eigenvalue weighted by molar-refractivity contribution is -0.152. The van der Waals surface area contributed by atoms with Crippen molar-refractivity contribution < 1.29 is 14.4 Å². The number of hydrogen-bond donors (Lipinski definition) is 2. The fourth-order valence-corrected chi connectivity index (χ4v) is 5.00. The van der Waals surface area contributed by atoms with Gasteiger partial charge in [-0.15, -0.1) is 0 Å². The third-order valence-electron chi connectivity index (χ3n) is 6.60. The standard InChI is InChI=1S/C26H31N3O3/c1-16(2)12-22-25(31)28-23(20-13-17-8-4-5-9-18(17)14-20)26(32)29(22)15-19-10-6-7-11-21(19)24(30)27-3/h4-11,16,20,22-23H,12-15H2,1-3H3,(H,27,30)(H,28,31)/t22-,23-/m1/s1. The molecule has 2 aliphatic rings. The topological polar surface area (TPSA) is 78.5 Å². The van der Waals surface area contributed by atoms with Crippen LogP contribution < -0.4 is 10.6 Å². The predicted octanol–water partition coefficient (Wildman–Crippen LogP) is 2.70. The molecule has 2 atom stereocenters. The summed E-state index contributed by atoms with van der Waals surface area (Å²) in [5.41, 5.74) is 3.78. The summed E-state index contributed by atoms with van der Waals surface area (Å²) in [5, 5.41) is 5.72. The molecule has 4 rings (SSSR count). The number of carbonyl (C=O) groups excluding carboxylic acids is 3. The summed E-state index contributed by atoms with van der Waals surface area (Å²) in [6.45, 7) is 4.34. The van der Waals surface area contributed by atoms with E-state index in [4.69, 9.17) is 0 Å². The first-order valence-electron chi connectivity index (χ1n) is 11.4. The summed E-state index contributed by atoms with van der Waals surface area (Å²) < 4.78 is 0. The minimum Gasteiger partial charge on any atom is -0.355 e. The fourth-order valence-electron chi connectivity index (χ4n) is 5.00. The molecule has 0 saturated carbocycles. The minimum absolute atomic E-state index is 0.0422. The molecule has 0 radical (unpaired) electrons. The van der Waals surface area contributed by atoms with Crippen LogP contribution in [0.3, 0.4) is 0 Å². The average Bonchev–Trinajstić information content (AvgIpc) is 3.22. The SMILES string of the molecule is CNC(=O)c1ccccc1CN1C(=O)[C@@H](C2Cc3ccccc3C2)NC(=O)[C@H]1CC(C)C. The molecule has 0 aromatic heterocycles. The first kappa shape index (κ1) is 22.1. The number of nitrogens with one attached hydrogen (secondary N) is 2. The van der Waals surface area contributed by atoms with Crippen LogP contribution in [0, 0.1) is 11.8 Å². The Balaban J connectivity index is 1.64. The number of amides is 3. The maximum atomic E-state index is 13.8. The van der Waals surface area contributed by atoms with Crippen LogP contribution in [0.15, 0.2) is 48.5 Å². The normalized spacial score (nSPS) is 20.9. The average molecular weight is 434 g/mol. The Morgan fingerprint density at radius 1 is 1.06 bits per heavy atom. The Labute approximate surface area is 189 Å². The van der Waals surface area contributed by atoms with Crippen molar-refractivity contribution >= 4 is 17.7 Å². The molecule has 2 aromatic rings. The lowest BCUT2D eigenvalue weighted by Gasteiger charge is -2.41. The second-order valence-corrected chi connectivity index (χ2v) is 9.27. The molecule has 6 nitrogen and oxygen atoms in total. The fraction of sp³-hybridized carbons (Fsp3) is 0.423. The van der Waals surface area contributed by atoms with Gasteiger partial charge in [-0.05, 0) is 53.9 Å². The molecule has 1 saturated heterocycles. The number of piperazine rings is 1. The van der Waals surface area contributed by atoms with Gasteiger partial charge in [0.05, 0.1) is 0 Å². The Hall–Kier alpha value is -3.15. The zero-order valence-corrected chi connectivity index (χ0v) is 18.9. The number of benzene rings is 2. The van der Waals surface area contributed by atoms with Gasteiger partial charge in [-0.1, -0.05) is 56.3 Å². The smallest absolute Gasteiger partial charge is 0.251 e. The van der Waals surface area contributed by atoms with Gasteiger partial charge in [0.25, 0.3) is 5.91 Å². The van der Waals surface area contributed by atoms with E-state index in [1.807, 2.05) is 44.2 Å². The van der Waals surface area contributed by atoms with Crippen molar-refractivity contribution in [3.05, 3.63) is 70.8 Å². The Kier molecular flexibility index (Phi) is 6.31. The molecule has 168 valence electrons. The molecule has 1 heterocycles. The van der Waals surface area contributed by atoms with E-state index in [1.165, 1.54) is 11.1 Å². The van der Waals surface area contributed by atoms with Crippen LogP contribution in [0.4, 0.5) is 0 Å². The third-order valence-corrected chi connectivity index (χ3v) is 6.60. The van der Waals surface area contributed by atoms with Crippen LogP contribution in [0.1, 0.15) is 47.3 Å². The number of carbonyl (C=O) groups is 3. The molecular formula is C26H31N3O3. The maximum absolute atomic E-state index is 13.8. The van der Waals surface area contributed by atoms with E-state index >= 15 is 0 Å². The first-order valence-corrected chi connectivity index (χ1v) is 11.4. The molecular weight excluding hydrogens is 402 g/mol. The third kappa shape index (κ3) is 4.27. The lowest BCUT2D eigenvalue weighted by atomic mass is 9.89. The Morgan fingerprint density at radius 3 is 2.31 bits per heavy atom. The van der Waals surface area contributed by atoms with Crippen LogP contribution >= 0.6 is 0 Å². The molecule has 3 amide bonds. The zero-order valence-electron chi connectivity index (χ0n) is 18.9. The van der Waals surface area contributed by atoms with E-state index < -0.39 is 12.1 Å². The summed E-state index contributed by atoms with van der Waals surface area (Å²) in [5.74, 6) is -0.0581. The molecule has 0 unspecified atom stereocenters. The van der Waals surface area contributed by atoms with E-state index in [0.29, 0.717) is 12.0 Å². The van der Waals surface area contributed by atoms with Gasteiger partial charge < -0.3 is 15.5 Å². The highest BCUT2D eigenvalue weighted by atomic mass is 16.2. The highest BCUT2D eigenvalue weighted by molar-refractivity contribution is 5.98. The number of nitrogens with zero attached hydrogens (tertiary/aromatic N) is 1. The summed E-state index contributed by atoms with van der Waals surface area (Å²) in [4.78, 5) is 41.1.